The standard InChI is InChI=1S/C24H23N7OS/c1-2-6-16(7-3-1)22-20(13-25-24-21(14-26-31(22)24)23-27-29-30-28-23)17-8-4-9-18(12-17)32-15-19-10-5-11-33-19/h4-5,8-14,16H,1-3,6-7,15H2,(H,27,28,29,30). The summed E-state index contributed by atoms with van der Waals surface area (Å²) < 4.78 is 8.07. The zero-order chi connectivity index (χ0) is 22.0. The van der Waals surface area contributed by atoms with Crippen LogP contribution in [0, 0.1) is 0 Å². The predicted octanol–water partition coefficient (Wildman–Crippen LogP) is 5.26. The molecule has 4 aromatic heterocycles. The number of ether oxygens (including phenoxy) is 1. The Hall–Kier alpha value is -3.59. The summed E-state index contributed by atoms with van der Waals surface area (Å²) >= 11 is 1.70. The number of aromatic amines is 1. The van der Waals surface area contributed by atoms with Gasteiger partial charge in [0.2, 0.25) is 0 Å². The lowest BCUT2D eigenvalue weighted by Gasteiger charge is -2.25. The number of thiophene rings is 1. The first kappa shape index (κ1) is 20.0. The number of H-pyrrole nitrogens is 1. The number of tetrazole rings is 1. The van der Waals surface area contributed by atoms with Gasteiger partial charge in [0.1, 0.15) is 12.4 Å². The molecule has 33 heavy (non-hydrogen) atoms. The Morgan fingerprint density at radius 2 is 2.00 bits per heavy atom. The van der Waals surface area contributed by atoms with Gasteiger partial charge >= 0.3 is 0 Å². The largest absolute Gasteiger partial charge is 0.488 e. The number of hydrogen-bond donors (Lipinski definition) is 1. The van der Waals surface area contributed by atoms with Gasteiger partial charge in [-0.2, -0.15) is 5.10 Å². The Labute approximate surface area is 194 Å². The first-order valence-corrected chi connectivity index (χ1v) is 12.1. The Morgan fingerprint density at radius 1 is 1.06 bits per heavy atom. The summed E-state index contributed by atoms with van der Waals surface area (Å²) in [5, 5.41) is 21.1. The predicted molar refractivity (Wildman–Crippen MR) is 126 cm³/mol. The Balaban J connectivity index is 1.43. The lowest BCUT2D eigenvalue weighted by atomic mass is 9.84. The van der Waals surface area contributed by atoms with E-state index in [2.05, 4.69) is 44.2 Å². The van der Waals surface area contributed by atoms with E-state index in [1.807, 2.05) is 28.9 Å². The minimum atomic E-state index is 0.426. The summed E-state index contributed by atoms with van der Waals surface area (Å²) in [6.45, 7) is 0.571. The molecule has 0 atom stereocenters. The highest BCUT2D eigenvalue weighted by Crippen LogP contribution is 2.39. The van der Waals surface area contributed by atoms with Crippen LogP contribution in [-0.4, -0.2) is 35.2 Å². The molecular weight excluding hydrogens is 434 g/mol. The molecule has 166 valence electrons. The van der Waals surface area contributed by atoms with Crippen LogP contribution in [0.15, 0.2) is 54.2 Å². The summed E-state index contributed by atoms with van der Waals surface area (Å²) in [5.41, 5.74) is 4.96. The highest BCUT2D eigenvalue weighted by Gasteiger charge is 2.25. The third kappa shape index (κ3) is 3.89. The van der Waals surface area contributed by atoms with Gasteiger partial charge in [-0.3, -0.25) is 0 Å². The zero-order valence-electron chi connectivity index (χ0n) is 18.0. The molecule has 1 aromatic carbocycles. The molecule has 6 rings (SSSR count). The number of rotatable bonds is 6. The maximum Gasteiger partial charge on any atom is 0.184 e. The molecule has 5 aromatic rings. The van der Waals surface area contributed by atoms with Crippen LogP contribution in [0.4, 0.5) is 0 Å². The third-order valence-corrected chi connectivity index (χ3v) is 7.11. The average Bonchev–Trinajstić information content (AvgIpc) is 3.64. The summed E-state index contributed by atoms with van der Waals surface area (Å²) in [6, 6.07) is 12.4. The second-order valence-corrected chi connectivity index (χ2v) is 9.36. The van der Waals surface area contributed by atoms with Crippen molar-refractivity contribution in [1.29, 1.82) is 0 Å². The van der Waals surface area contributed by atoms with E-state index in [1.165, 1.54) is 29.8 Å². The Bertz CT molecular complexity index is 1360. The molecule has 0 saturated heterocycles. The van der Waals surface area contributed by atoms with Crippen molar-refractivity contribution in [1.82, 2.24) is 35.2 Å². The summed E-state index contributed by atoms with van der Waals surface area (Å²) in [6.07, 6.45) is 9.82. The zero-order valence-corrected chi connectivity index (χ0v) is 18.8. The van der Waals surface area contributed by atoms with Crippen molar-refractivity contribution in [3.8, 4) is 28.3 Å². The highest BCUT2D eigenvalue weighted by atomic mass is 32.1. The average molecular weight is 458 g/mol. The second-order valence-electron chi connectivity index (χ2n) is 8.33. The van der Waals surface area contributed by atoms with E-state index in [0.717, 1.165) is 40.9 Å². The van der Waals surface area contributed by atoms with Gasteiger partial charge in [0.05, 0.1) is 17.5 Å². The first-order chi connectivity index (χ1) is 16.4. The van der Waals surface area contributed by atoms with Gasteiger partial charge in [0.15, 0.2) is 11.5 Å². The van der Waals surface area contributed by atoms with Gasteiger partial charge in [0.25, 0.3) is 0 Å². The van der Waals surface area contributed by atoms with E-state index in [-0.39, 0.29) is 0 Å². The molecule has 0 aliphatic heterocycles. The van der Waals surface area contributed by atoms with E-state index < -0.39 is 0 Å². The smallest absolute Gasteiger partial charge is 0.184 e. The number of fused-ring (bicyclic) bond motifs is 1. The SMILES string of the molecule is c1cc(OCc2cccs2)cc(-c2cnc3c(-c4nnn[nH]4)cnn3c2C2CCCCC2)c1. The van der Waals surface area contributed by atoms with Gasteiger partial charge in [-0.05, 0) is 52.4 Å². The van der Waals surface area contributed by atoms with Crippen molar-refractivity contribution in [2.75, 3.05) is 0 Å². The van der Waals surface area contributed by atoms with E-state index in [0.29, 0.717) is 18.3 Å². The van der Waals surface area contributed by atoms with Crippen LogP contribution in [0.5, 0.6) is 5.75 Å². The molecule has 0 bridgehead atoms. The van der Waals surface area contributed by atoms with Crippen molar-refractivity contribution in [2.24, 2.45) is 0 Å². The van der Waals surface area contributed by atoms with E-state index in [9.17, 15) is 0 Å². The van der Waals surface area contributed by atoms with Crippen molar-refractivity contribution < 1.29 is 4.74 Å². The number of aromatic nitrogens is 7. The number of nitrogens with one attached hydrogen (secondary N) is 1. The maximum atomic E-state index is 6.08. The summed E-state index contributed by atoms with van der Waals surface area (Å²) in [5.74, 6) is 1.85. The molecule has 4 heterocycles. The van der Waals surface area contributed by atoms with Gasteiger partial charge < -0.3 is 4.74 Å². The molecule has 1 saturated carbocycles. The van der Waals surface area contributed by atoms with Crippen molar-refractivity contribution >= 4 is 17.0 Å². The van der Waals surface area contributed by atoms with Crippen molar-refractivity contribution in [3.63, 3.8) is 0 Å². The highest BCUT2D eigenvalue weighted by molar-refractivity contribution is 7.09. The summed E-state index contributed by atoms with van der Waals surface area (Å²) in [4.78, 5) is 6.00. The van der Waals surface area contributed by atoms with Crippen LogP contribution < -0.4 is 4.74 Å². The van der Waals surface area contributed by atoms with Crippen LogP contribution in [0.1, 0.15) is 48.6 Å². The van der Waals surface area contributed by atoms with Crippen molar-refractivity contribution in [3.05, 3.63) is 64.7 Å². The number of hydrogen-bond acceptors (Lipinski definition) is 7. The fraction of sp³-hybridized carbons (Fsp3) is 0.292. The Morgan fingerprint density at radius 3 is 2.82 bits per heavy atom. The van der Waals surface area contributed by atoms with E-state index >= 15 is 0 Å². The van der Waals surface area contributed by atoms with Gasteiger partial charge in [-0.15, -0.1) is 16.4 Å². The third-order valence-electron chi connectivity index (χ3n) is 6.26. The minimum absolute atomic E-state index is 0.426. The molecular formula is C24H23N7OS. The van der Waals surface area contributed by atoms with Gasteiger partial charge in [-0.1, -0.05) is 37.5 Å². The molecule has 0 amide bonds. The van der Waals surface area contributed by atoms with Gasteiger partial charge in [0, 0.05) is 22.6 Å². The van der Waals surface area contributed by atoms with Crippen LogP contribution >= 0.6 is 11.3 Å². The lowest BCUT2D eigenvalue weighted by Crippen LogP contribution is -2.12. The second kappa shape index (κ2) is 8.74. The molecule has 0 radical (unpaired) electrons. The van der Waals surface area contributed by atoms with Crippen LogP contribution in [0.3, 0.4) is 0 Å². The van der Waals surface area contributed by atoms with Crippen LogP contribution in [0.25, 0.3) is 28.2 Å². The molecule has 9 heteroatoms. The fourth-order valence-electron chi connectivity index (χ4n) is 4.68. The fourth-order valence-corrected chi connectivity index (χ4v) is 5.30. The monoisotopic (exact) mass is 457 g/mol. The molecule has 0 spiro atoms. The van der Waals surface area contributed by atoms with E-state index in [4.69, 9.17) is 14.8 Å². The maximum absolute atomic E-state index is 6.08. The van der Waals surface area contributed by atoms with Crippen LogP contribution in [-0.2, 0) is 6.61 Å². The van der Waals surface area contributed by atoms with Crippen molar-refractivity contribution in [2.45, 2.75) is 44.6 Å². The van der Waals surface area contributed by atoms with Gasteiger partial charge in [-0.25, -0.2) is 14.6 Å². The summed E-state index contributed by atoms with van der Waals surface area (Å²) in [7, 11) is 0. The molecule has 1 N–H and O–H groups in total. The lowest BCUT2D eigenvalue weighted by molar-refractivity contribution is 0.310. The molecule has 0 unspecified atom stereocenters. The molecule has 8 nitrogen and oxygen atoms in total. The first-order valence-electron chi connectivity index (χ1n) is 11.2. The quantitative estimate of drug-likeness (QED) is 0.374. The normalized spacial score (nSPS) is 14.7. The molecule has 1 aliphatic rings. The Kier molecular flexibility index (Phi) is 5.31. The molecule has 1 aliphatic carbocycles. The molecule has 1 fully saturated rings. The number of nitrogens with zero attached hydrogens (tertiary/aromatic N) is 6. The minimum Gasteiger partial charge on any atom is -0.488 e. The van der Waals surface area contributed by atoms with E-state index in [1.54, 1.807) is 17.5 Å². The number of benzene rings is 1. The van der Waals surface area contributed by atoms with Crippen LogP contribution in [0.2, 0.25) is 0 Å². The topological polar surface area (TPSA) is 93.9 Å².